The number of carbonyl (C=O) groups excluding carboxylic acids is 2. The summed E-state index contributed by atoms with van der Waals surface area (Å²) in [5.74, 6) is 0.231. The molecule has 1 heterocycles. The molecule has 1 saturated heterocycles. The Hall–Kier alpha value is -1.46. The fraction of sp³-hybridized carbons (Fsp3) is 0.529. The zero-order chi connectivity index (χ0) is 17.4. The van der Waals surface area contributed by atoms with E-state index in [1.807, 2.05) is 4.90 Å². The van der Waals surface area contributed by atoms with Crippen LogP contribution in [0.5, 0.6) is 0 Å². The van der Waals surface area contributed by atoms with Gasteiger partial charge in [-0.3, -0.25) is 4.79 Å². The van der Waals surface area contributed by atoms with Gasteiger partial charge in [-0.05, 0) is 37.0 Å². The van der Waals surface area contributed by atoms with E-state index in [4.69, 9.17) is 23.2 Å². The van der Waals surface area contributed by atoms with Gasteiger partial charge in [0.2, 0.25) is 5.91 Å². The molecule has 24 heavy (non-hydrogen) atoms. The molecular formula is C17H23Cl2N3O2. The third kappa shape index (κ3) is 6.21. The lowest BCUT2D eigenvalue weighted by Gasteiger charge is -2.20. The Bertz CT molecular complexity index is 581. The Labute approximate surface area is 152 Å². The number of likely N-dealkylation sites (tertiary alicyclic amines) is 1. The van der Waals surface area contributed by atoms with E-state index >= 15 is 0 Å². The summed E-state index contributed by atoms with van der Waals surface area (Å²) in [6, 6.07) is 4.93. The minimum Gasteiger partial charge on any atom is -0.343 e. The number of rotatable bonds is 6. The number of urea groups is 1. The van der Waals surface area contributed by atoms with Crippen molar-refractivity contribution in [3.8, 4) is 0 Å². The normalized spacial score (nSPS) is 15.1. The molecule has 5 nitrogen and oxygen atoms in total. The number of halogens is 2. The second kappa shape index (κ2) is 9.74. The van der Waals surface area contributed by atoms with Crippen molar-refractivity contribution in [1.29, 1.82) is 0 Å². The second-order valence-corrected chi connectivity index (χ2v) is 6.73. The van der Waals surface area contributed by atoms with E-state index < -0.39 is 0 Å². The number of nitrogens with one attached hydrogen (secondary N) is 2. The van der Waals surface area contributed by atoms with Crippen LogP contribution >= 0.6 is 23.2 Å². The number of amides is 3. The Morgan fingerprint density at radius 3 is 2.79 bits per heavy atom. The summed E-state index contributed by atoms with van der Waals surface area (Å²) in [5.41, 5.74) is 0.811. The molecule has 2 rings (SSSR count). The van der Waals surface area contributed by atoms with Crippen LogP contribution in [0.2, 0.25) is 10.0 Å². The van der Waals surface area contributed by atoms with Crippen molar-refractivity contribution in [3.05, 3.63) is 33.8 Å². The lowest BCUT2D eigenvalue weighted by Crippen LogP contribution is -2.38. The Morgan fingerprint density at radius 1 is 1.17 bits per heavy atom. The van der Waals surface area contributed by atoms with Crippen molar-refractivity contribution >= 4 is 35.1 Å². The summed E-state index contributed by atoms with van der Waals surface area (Å²) in [5, 5.41) is 6.65. The topological polar surface area (TPSA) is 61.4 Å². The van der Waals surface area contributed by atoms with Gasteiger partial charge in [0.1, 0.15) is 0 Å². The van der Waals surface area contributed by atoms with Gasteiger partial charge in [-0.15, -0.1) is 0 Å². The molecule has 1 fully saturated rings. The van der Waals surface area contributed by atoms with E-state index in [9.17, 15) is 9.59 Å². The van der Waals surface area contributed by atoms with Gasteiger partial charge in [0.05, 0.1) is 0 Å². The first kappa shape index (κ1) is 18.9. The molecule has 1 aliphatic heterocycles. The Morgan fingerprint density at radius 2 is 2.00 bits per heavy atom. The molecule has 0 radical (unpaired) electrons. The summed E-state index contributed by atoms with van der Waals surface area (Å²) in [6.45, 7) is 2.40. The van der Waals surface area contributed by atoms with Crippen LogP contribution in [-0.4, -0.2) is 36.5 Å². The van der Waals surface area contributed by atoms with Crippen molar-refractivity contribution in [2.75, 3.05) is 19.6 Å². The number of benzene rings is 1. The third-order valence-electron chi connectivity index (χ3n) is 4.02. The van der Waals surface area contributed by atoms with Crippen LogP contribution in [0.1, 0.15) is 37.7 Å². The molecule has 0 bridgehead atoms. The molecule has 3 amide bonds. The highest BCUT2D eigenvalue weighted by Crippen LogP contribution is 2.20. The van der Waals surface area contributed by atoms with Gasteiger partial charge in [-0.25, -0.2) is 4.79 Å². The minimum absolute atomic E-state index is 0.231. The maximum atomic E-state index is 11.9. The van der Waals surface area contributed by atoms with Crippen LogP contribution < -0.4 is 10.6 Å². The lowest BCUT2D eigenvalue weighted by atomic mass is 10.2. The maximum absolute atomic E-state index is 11.9. The van der Waals surface area contributed by atoms with E-state index in [2.05, 4.69) is 10.6 Å². The second-order valence-electron chi connectivity index (χ2n) is 5.89. The van der Waals surface area contributed by atoms with Crippen LogP contribution in [0.15, 0.2) is 18.2 Å². The number of hydrogen-bond acceptors (Lipinski definition) is 2. The summed E-state index contributed by atoms with van der Waals surface area (Å²) in [4.78, 5) is 25.6. The SMILES string of the molecule is O=C(NCCCN1CCCCCC1=O)NCc1ccc(Cl)cc1Cl. The molecule has 2 N–H and O–H groups in total. The summed E-state index contributed by atoms with van der Waals surface area (Å²) >= 11 is 11.9. The molecule has 7 heteroatoms. The third-order valence-corrected chi connectivity index (χ3v) is 4.60. The average molecular weight is 372 g/mol. The highest BCUT2D eigenvalue weighted by molar-refractivity contribution is 6.35. The predicted octanol–water partition coefficient (Wildman–Crippen LogP) is 3.59. The van der Waals surface area contributed by atoms with E-state index in [0.29, 0.717) is 36.1 Å². The smallest absolute Gasteiger partial charge is 0.315 e. The van der Waals surface area contributed by atoms with Gasteiger partial charge >= 0.3 is 6.03 Å². The van der Waals surface area contributed by atoms with Gasteiger partial charge in [0, 0.05) is 42.6 Å². The molecule has 0 spiro atoms. The van der Waals surface area contributed by atoms with Gasteiger partial charge in [-0.2, -0.15) is 0 Å². The van der Waals surface area contributed by atoms with E-state index in [1.165, 1.54) is 0 Å². The summed E-state index contributed by atoms with van der Waals surface area (Å²) in [6.07, 6.45) is 4.58. The van der Waals surface area contributed by atoms with E-state index in [-0.39, 0.29) is 11.9 Å². The zero-order valence-electron chi connectivity index (χ0n) is 13.6. The minimum atomic E-state index is -0.247. The van der Waals surface area contributed by atoms with E-state index in [0.717, 1.165) is 37.8 Å². The molecule has 1 aromatic rings. The molecule has 0 unspecified atom stereocenters. The van der Waals surface area contributed by atoms with Gasteiger partial charge in [0.25, 0.3) is 0 Å². The average Bonchev–Trinajstić information content (AvgIpc) is 2.75. The quantitative estimate of drug-likeness (QED) is 0.750. The number of carbonyl (C=O) groups is 2. The molecule has 132 valence electrons. The standard InChI is InChI=1S/C17H23Cl2N3O2/c18-14-7-6-13(15(19)11-14)12-21-17(24)20-8-4-10-22-9-3-1-2-5-16(22)23/h6-7,11H,1-5,8-10,12H2,(H2,20,21,24). The zero-order valence-corrected chi connectivity index (χ0v) is 15.1. The molecule has 0 aromatic heterocycles. The summed E-state index contributed by atoms with van der Waals surface area (Å²) < 4.78 is 0. The highest BCUT2D eigenvalue weighted by atomic mass is 35.5. The first-order chi connectivity index (χ1) is 11.6. The number of nitrogens with zero attached hydrogens (tertiary/aromatic N) is 1. The van der Waals surface area contributed by atoms with Crippen molar-refractivity contribution in [2.24, 2.45) is 0 Å². The molecule has 1 aliphatic rings. The van der Waals surface area contributed by atoms with E-state index in [1.54, 1.807) is 18.2 Å². The van der Waals surface area contributed by atoms with Crippen molar-refractivity contribution < 1.29 is 9.59 Å². The van der Waals surface area contributed by atoms with Gasteiger partial charge in [0.15, 0.2) is 0 Å². The fourth-order valence-corrected chi connectivity index (χ4v) is 3.13. The monoisotopic (exact) mass is 371 g/mol. The predicted molar refractivity (Wildman–Crippen MR) is 96.4 cm³/mol. The Kier molecular flexibility index (Phi) is 7.66. The maximum Gasteiger partial charge on any atom is 0.315 e. The molecular weight excluding hydrogens is 349 g/mol. The van der Waals surface area contributed by atoms with Crippen molar-refractivity contribution in [2.45, 2.75) is 38.6 Å². The Balaban J connectivity index is 1.63. The van der Waals surface area contributed by atoms with Crippen LogP contribution in [0.4, 0.5) is 4.79 Å². The van der Waals surface area contributed by atoms with Crippen molar-refractivity contribution in [3.63, 3.8) is 0 Å². The molecule has 0 atom stereocenters. The molecule has 1 aromatic carbocycles. The van der Waals surface area contributed by atoms with Crippen LogP contribution in [-0.2, 0) is 11.3 Å². The molecule has 0 aliphatic carbocycles. The number of hydrogen-bond donors (Lipinski definition) is 2. The summed E-state index contributed by atoms with van der Waals surface area (Å²) in [7, 11) is 0. The lowest BCUT2D eigenvalue weighted by molar-refractivity contribution is -0.130. The van der Waals surface area contributed by atoms with Gasteiger partial charge < -0.3 is 15.5 Å². The van der Waals surface area contributed by atoms with Gasteiger partial charge in [-0.1, -0.05) is 35.7 Å². The van der Waals surface area contributed by atoms with Crippen molar-refractivity contribution in [1.82, 2.24) is 15.5 Å². The molecule has 0 saturated carbocycles. The first-order valence-electron chi connectivity index (χ1n) is 8.29. The largest absolute Gasteiger partial charge is 0.343 e. The highest BCUT2D eigenvalue weighted by Gasteiger charge is 2.15. The van der Waals surface area contributed by atoms with Crippen LogP contribution in [0.25, 0.3) is 0 Å². The van der Waals surface area contributed by atoms with Crippen LogP contribution in [0, 0.1) is 0 Å². The van der Waals surface area contributed by atoms with Crippen LogP contribution in [0.3, 0.4) is 0 Å². The fourth-order valence-electron chi connectivity index (χ4n) is 2.65. The first-order valence-corrected chi connectivity index (χ1v) is 9.05.